The molecular weight excluding hydrogens is 279 g/mol. The second-order valence-electron chi connectivity index (χ2n) is 5.69. The van der Waals surface area contributed by atoms with Crippen LogP contribution < -0.4 is 5.73 Å². The van der Waals surface area contributed by atoms with Gasteiger partial charge in [0.1, 0.15) is 5.82 Å². The van der Waals surface area contributed by atoms with Crippen molar-refractivity contribution in [1.82, 2.24) is 14.5 Å². The number of aromatic nitrogens is 2. The lowest BCUT2D eigenvalue weighted by molar-refractivity contribution is 0.162. The van der Waals surface area contributed by atoms with Crippen LogP contribution in [-0.2, 0) is 0 Å². The maximum absolute atomic E-state index is 13.7. The molecule has 1 aromatic carbocycles. The highest BCUT2D eigenvalue weighted by atomic mass is 35.5. The number of fused-ring (bicyclic) bond motifs is 1. The average molecular weight is 297 g/mol. The quantitative estimate of drug-likeness (QED) is 0.880. The fourth-order valence-corrected chi connectivity index (χ4v) is 3.34. The van der Waals surface area contributed by atoms with Crippen molar-refractivity contribution in [3.63, 3.8) is 0 Å². The lowest BCUT2D eigenvalue weighted by Gasteiger charge is -2.36. The molecule has 108 valence electrons. The molecule has 1 saturated heterocycles. The zero-order valence-corrected chi connectivity index (χ0v) is 12.4. The summed E-state index contributed by atoms with van der Waals surface area (Å²) in [6.45, 7) is 4.20. The van der Waals surface area contributed by atoms with Crippen LogP contribution in [0.5, 0.6) is 0 Å². The number of nitrogens with two attached hydrogens (primary N) is 1. The van der Waals surface area contributed by atoms with Gasteiger partial charge in [0, 0.05) is 18.7 Å². The van der Waals surface area contributed by atoms with Gasteiger partial charge in [0.25, 0.3) is 0 Å². The van der Waals surface area contributed by atoms with Gasteiger partial charge >= 0.3 is 0 Å². The van der Waals surface area contributed by atoms with E-state index in [9.17, 15) is 4.39 Å². The van der Waals surface area contributed by atoms with Gasteiger partial charge in [0.05, 0.1) is 16.1 Å². The number of rotatable bonds is 1. The Balaban J connectivity index is 2.11. The Kier molecular flexibility index (Phi) is 3.34. The van der Waals surface area contributed by atoms with E-state index in [0.29, 0.717) is 17.4 Å². The van der Waals surface area contributed by atoms with E-state index in [4.69, 9.17) is 17.3 Å². The molecule has 1 aliphatic heterocycles. The summed E-state index contributed by atoms with van der Waals surface area (Å²) in [5, 5.41) is 0.0820. The first-order chi connectivity index (χ1) is 9.47. The number of nitrogens with zero attached hydrogens (tertiary/aromatic N) is 3. The van der Waals surface area contributed by atoms with Gasteiger partial charge in [-0.3, -0.25) is 0 Å². The van der Waals surface area contributed by atoms with E-state index in [-0.39, 0.29) is 11.1 Å². The number of likely N-dealkylation sites (tertiary alicyclic amines) is 1. The van der Waals surface area contributed by atoms with Crippen molar-refractivity contribution >= 4 is 28.6 Å². The topological polar surface area (TPSA) is 47.1 Å². The van der Waals surface area contributed by atoms with Crippen LogP contribution in [0.1, 0.15) is 19.4 Å². The highest BCUT2D eigenvalue weighted by Gasteiger charge is 2.28. The number of piperidine rings is 1. The SMILES string of the molecule is CC1CN(C)CCC1n1c(N)nc2cc(Cl)c(F)cc21. The standard InChI is InChI=1S/C14H18ClFN4/c1-8-7-19(2)4-3-12(8)20-13-6-10(16)9(15)5-11(13)18-14(20)17/h5-6,8,12H,3-4,7H2,1-2H3,(H2,17,18). The molecule has 2 unspecified atom stereocenters. The van der Waals surface area contributed by atoms with E-state index in [0.717, 1.165) is 25.0 Å². The molecule has 0 amide bonds. The van der Waals surface area contributed by atoms with Crippen LogP contribution in [0.3, 0.4) is 0 Å². The molecule has 0 radical (unpaired) electrons. The Morgan fingerprint density at radius 1 is 1.45 bits per heavy atom. The summed E-state index contributed by atoms with van der Waals surface area (Å²) in [6.07, 6.45) is 0.984. The predicted molar refractivity (Wildman–Crippen MR) is 79.4 cm³/mol. The largest absolute Gasteiger partial charge is 0.369 e. The number of hydrogen-bond acceptors (Lipinski definition) is 3. The molecule has 0 saturated carbocycles. The highest BCUT2D eigenvalue weighted by molar-refractivity contribution is 6.31. The lowest BCUT2D eigenvalue weighted by atomic mass is 9.94. The molecule has 0 spiro atoms. The van der Waals surface area contributed by atoms with Gasteiger partial charge in [-0.05, 0) is 32.0 Å². The van der Waals surface area contributed by atoms with Gasteiger partial charge < -0.3 is 15.2 Å². The third kappa shape index (κ3) is 2.15. The monoisotopic (exact) mass is 296 g/mol. The first-order valence-electron chi connectivity index (χ1n) is 6.78. The number of benzene rings is 1. The van der Waals surface area contributed by atoms with Crippen LogP contribution in [0.25, 0.3) is 11.0 Å². The van der Waals surface area contributed by atoms with Gasteiger partial charge in [0.2, 0.25) is 5.95 Å². The molecule has 2 N–H and O–H groups in total. The minimum atomic E-state index is -0.430. The van der Waals surface area contributed by atoms with Crippen LogP contribution in [0.15, 0.2) is 12.1 Å². The van der Waals surface area contributed by atoms with Crippen LogP contribution >= 0.6 is 11.6 Å². The Morgan fingerprint density at radius 3 is 2.90 bits per heavy atom. The minimum absolute atomic E-state index is 0.0820. The van der Waals surface area contributed by atoms with Crippen molar-refractivity contribution in [1.29, 1.82) is 0 Å². The van der Waals surface area contributed by atoms with Crippen molar-refractivity contribution in [2.45, 2.75) is 19.4 Å². The van der Waals surface area contributed by atoms with E-state index < -0.39 is 5.82 Å². The van der Waals surface area contributed by atoms with Crippen molar-refractivity contribution < 1.29 is 4.39 Å². The molecule has 3 rings (SSSR count). The normalized spacial score (nSPS) is 24.4. The van der Waals surface area contributed by atoms with Crippen molar-refractivity contribution in [2.75, 3.05) is 25.9 Å². The molecule has 0 aliphatic carbocycles. The van der Waals surface area contributed by atoms with E-state index >= 15 is 0 Å². The molecule has 1 aliphatic rings. The molecular formula is C14H18ClFN4. The summed E-state index contributed by atoms with van der Waals surface area (Å²) in [5.41, 5.74) is 7.43. The maximum atomic E-state index is 13.7. The molecule has 2 heterocycles. The van der Waals surface area contributed by atoms with E-state index in [1.54, 1.807) is 6.07 Å². The highest BCUT2D eigenvalue weighted by Crippen LogP contribution is 2.34. The summed E-state index contributed by atoms with van der Waals surface area (Å²) in [4.78, 5) is 6.62. The number of halogens is 2. The fraction of sp³-hybridized carbons (Fsp3) is 0.500. The van der Waals surface area contributed by atoms with Crippen molar-refractivity contribution in [3.8, 4) is 0 Å². The predicted octanol–water partition coefficient (Wildman–Crippen LogP) is 2.92. The van der Waals surface area contributed by atoms with Crippen LogP contribution in [0.4, 0.5) is 10.3 Å². The maximum Gasteiger partial charge on any atom is 0.201 e. The fourth-order valence-electron chi connectivity index (χ4n) is 3.18. The molecule has 6 heteroatoms. The first-order valence-corrected chi connectivity index (χ1v) is 7.16. The Morgan fingerprint density at radius 2 is 2.20 bits per heavy atom. The Labute approximate surface area is 122 Å². The van der Waals surface area contributed by atoms with Gasteiger partial charge in [-0.1, -0.05) is 18.5 Å². The van der Waals surface area contributed by atoms with Crippen LogP contribution in [0.2, 0.25) is 5.02 Å². The molecule has 4 nitrogen and oxygen atoms in total. The third-order valence-electron chi connectivity index (χ3n) is 4.15. The average Bonchev–Trinajstić information content (AvgIpc) is 2.66. The Hall–Kier alpha value is -1.33. The number of nitrogen functional groups attached to an aromatic ring is 1. The zero-order chi connectivity index (χ0) is 14.4. The lowest BCUT2D eigenvalue weighted by Crippen LogP contribution is -2.38. The van der Waals surface area contributed by atoms with E-state index in [1.165, 1.54) is 6.07 Å². The molecule has 20 heavy (non-hydrogen) atoms. The van der Waals surface area contributed by atoms with Gasteiger partial charge in [-0.15, -0.1) is 0 Å². The van der Waals surface area contributed by atoms with Crippen LogP contribution in [0, 0.1) is 11.7 Å². The number of anilines is 1. The number of hydrogen-bond donors (Lipinski definition) is 1. The Bertz CT molecular complexity index is 654. The van der Waals surface area contributed by atoms with Crippen molar-refractivity contribution in [3.05, 3.63) is 23.0 Å². The summed E-state index contributed by atoms with van der Waals surface area (Å²) in [5.74, 6) is 0.441. The molecule has 1 fully saturated rings. The van der Waals surface area contributed by atoms with Gasteiger partial charge in [-0.2, -0.15) is 0 Å². The molecule has 2 aromatic rings. The summed E-state index contributed by atoms with van der Waals surface area (Å²) >= 11 is 5.81. The van der Waals surface area contributed by atoms with Crippen LogP contribution in [-0.4, -0.2) is 34.6 Å². The number of imidazole rings is 1. The summed E-state index contributed by atoms with van der Waals surface area (Å²) < 4.78 is 15.7. The second-order valence-corrected chi connectivity index (χ2v) is 6.10. The smallest absolute Gasteiger partial charge is 0.201 e. The minimum Gasteiger partial charge on any atom is -0.369 e. The first kappa shape index (κ1) is 13.6. The van der Waals surface area contributed by atoms with Gasteiger partial charge in [0.15, 0.2) is 0 Å². The van der Waals surface area contributed by atoms with E-state index in [2.05, 4.69) is 23.9 Å². The molecule has 1 aromatic heterocycles. The summed E-state index contributed by atoms with van der Waals surface area (Å²) in [6, 6.07) is 3.22. The summed E-state index contributed by atoms with van der Waals surface area (Å²) in [7, 11) is 2.11. The molecule has 2 atom stereocenters. The van der Waals surface area contributed by atoms with Crippen molar-refractivity contribution in [2.24, 2.45) is 5.92 Å². The van der Waals surface area contributed by atoms with E-state index in [1.807, 2.05) is 4.57 Å². The zero-order valence-electron chi connectivity index (χ0n) is 11.6. The third-order valence-corrected chi connectivity index (χ3v) is 4.44. The molecule has 0 bridgehead atoms. The van der Waals surface area contributed by atoms with Gasteiger partial charge in [-0.25, -0.2) is 9.37 Å². The second kappa shape index (κ2) is 4.90.